The van der Waals surface area contributed by atoms with Crippen LogP contribution in [0.25, 0.3) is 0 Å². The lowest BCUT2D eigenvalue weighted by molar-refractivity contribution is 0.216. The molecule has 3 N–H and O–H groups in total. The summed E-state index contributed by atoms with van der Waals surface area (Å²) in [5.41, 5.74) is 5.97. The van der Waals surface area contributed by atoms with Crippen LogP contribution in [0.5, 0.6) is 0 Å². The summed E-state index contributed by atoms with van der Waals surface area (Å²) in [4.78, 5) is 4.23. The Balaban J connectivity index is 2.20. The van der Waals surface area contributed by atoms with E-state index >= 15 is 0 Å². The molecule has 0 spiro atoms. The van der Waals surface area contributed by atoms with Gasteiger partial charge in [0.05, 0.1) is 10.0 Å². The van der Waals surface area contributed by atoms with Crippen LogP contribution in [-0.4, -0.2) is 11.0 Å². The van der Waals surface area contributed by atoms with Crippen molar-refractivity contribution in [1.82, 2.24) is 4.98 Å². The molecular weight excluding hydrogens is 269 g/mol. The molecule has 2 rings (SSSR count). The summed E-state index contributed by atoms with van der Waals surface area (Å²) in [6.07, 6.45) is 4.87. The van der Waals surface area contributed by atoms with Crippen LogP contribution >= 0.6 is 23.2 Å². The van der Waals surface area contributed by atoms with E-state index in [9.17, 15) is 0 Å². The number of nitrogen functional groups attached to an aromatic ring is 1. The topological polar surface area (TPSA) is 50.9 Å². The fourth-order valence-electron chi connectivity index (χ4n) is 2.51. The molecule has 0 saturated heterocycles. The monoisotopic (exact) mass is 287 g/mol. The molecule has 1 aromatic rings. The second-order valence-corrected chi connectivity index (χ2v) is 6.43. The Bertz CT molecular complexity index is 446. The van der Waals surface area contributed by atoms with E-state index in [4.69, 9.17) is 28.9 Å². The predicted octanol–water partition coefficient (Wildman–Crippen LogP) is 4.35. The maximum Gasteiger partial charge on any atom is 0.147 e. The second-order valence-electron chi connectivity index (χ2n) is 5.62. The first-order valence-electron chi connectivity index (χ1n) is 6.28. The molecule has 1 fully saturated rings. The lowest BCUT2D eigenvalue weighted by atomic mass is 9.73. The van der Waals surface area contributed by atoms with E-state index in [0.717, 1.165) is 6.42 Å². The highest BCUT2D eigenvalue weighted by Crippen LogP contribution is 2.38. The van der Waals surface area contributed by atoms with E-state index in [1.807, 2.05) is 0 Å². The molecule has 1 aromatic heterocycles. The van der Waals surface area contributed by atoms with Gasteiger partial charge >= 0.3 is 0 Å². The number of halogens is 2. The quantitative estimate of drug-likeness (QED) is 0.850. The molecule has 1 aliphatic carbocycles. The highest BCUT2D eigenvalue weighted by molar-refractivity contribution is 6.37. The highest BCUT2D eigenvalue weighted by atomic mass is 35.5. The van der Waals surface area contributed by atoms with Crippen molar-refractivity contribution in [2.24, 2.45) is 5.41 Å². The summed E-state index contributed by atoms with van der Waals surface area (Å²) >= 11 is 12.0. The van der Waals surface area contributed by atoms with Crippen LogP contribution in [0.15, 0.2) is 6.07 Å². The van der Waals surface area contributed by atoms with Crippen molar-refractivity contribution < 1.29 is 0 Å². The molecule has 5 heteroatoms. The lowest BCUT2D eigenvalue weighted by Gasteiger charge is -2.39. The van der Waals surface area contributed by atoms with Crippen molar-refractivity contribution in [2.75, 3.05) is 11.1 Å². The Morgan fingerprint density at radius 2 is 2.06 bits per heavy atom. The van der Waals surface area contributed by atoms with Gasteiger partial charge in [0.1, 0.15) is 11.6 Å². The molecule has 0 amide bonds. The van der Waals surface area contributed by atoms with Crippen molar-refractivity contribution >= 4 is 34.8 Å². The van der Waals surface area contributed by atoms with Crippen LogP contribution in [-0.2, 0) is 0 Å². The van der Waals surface area contributed by atoms with Gasteiger partial charge < -0.3 is 11.1 Å². The van der Waals surface area contributed by atoms with E-state index in [-0.39, 0.29) is 5.41 Å². The van der Waals surface area contributed by atoms with Gasteiger partial charge in [-0.25, -0.2) is 4.98 Å². The minimum atomic E-state index is 0.248. The zero-order valence-corrected chi connectivity index (χ0v) is 12.3. The zero-order chi connectivity index (χ0) is 13.3. The van der Waals surface area contributed by atoms with Crippen molar-refractivity contribution in [3.63, 3.8) is 0 Å². The van der Waals surface area contributed by atoms with Crippen LogP contribution < -0.4 is 11.1 Å². The molecular formula is C13H19Cl2N3. The molecule has 0 radical (unpaired) electrons. The molecule has 1 unspecified atom stereocenters. The highest BCUT2D eigenvalue weighted by Gasteiger charge is 2.32. The molecule has 1 heterocycles. The molecule has 3 nitrogen and oxygen atoms in total. The fourth-order valence-corrected chi connectivity index (χ4v) is 2.92. The van der Waals surface area contributed by atoms with Crippen molar-refractivity contribution in [3.8, 4) is 0 Å². The van der Waals surface area contributed by atoms with Crippen molar-refractivity contribution in [1.29, 1.82) is 0 Å². The Labute approximate surface area is 118 Å². The third-order valence-electron chi connectivity index (χ3n) is 3.77. The van der Waals surface area contributed by atoms with Gasteiger partial charge in [-0.1, -0.05) is 49.9 Å². The smallest absolute Gasteiger partial charge is 0.147 e. The molecule has 100 valence electrons. The number of aromatic nitrogens is 1. The molecule has 1 aliphatic rings. The van der Waals surface area contributed by atoms with Gasteiger partial charge in [-0.05, 0) is 24.3 Å². The van der Waals surface area contributed by atoms with Crippen molar-refractivity contribution in [2.45, 2.75) is 45.6 Å². The predicted molar refractivity (Wildman–Crippen MR) is 78.3 cm³/mol. The summed E-state index contributed by atoms with van der Waals surface area (Å²) < 4.78 is 0. The van der Waals surface area contributed by atoms with Crippen LogP contribution in [0.3, 0.4) is 0 Å². The van der Waals surface area contributed by atoms with Gasteiger partial charge in [0, 0.05) is 6.04 Å². The van der Waals surface area contributed by atoms with E-state index in [1.54, 1.807) is 6.07 Å². The van der Waals surface area contributed by atoms with Gasteiger partial charge in [0.2, 0.25) is 0 Å². The Morgan fingerprint density at radius 3 is 2.72 bits per heavy atom. The third-order valence-corrected chi connectivity index (χ3v) is 4.37. The Morgan fingerprint density at radius 1 is 1.33 bits per heavy atom. The standard InChI is InChI=1S/C13H19Cl2N3/c1-13(2)6-4-3-5-10(13)17-12-9(15)7-8(14)11(16)18-12/h7,10H,3-6H2,1-2H3,(H3,16,17,18). The van der Waals surface area contributed by atoms with Gasteiger partial charge in [-0.2, -0.15) is 0 Å². The first kappa shape index (κ1) is 13.8. The molecule has 0 bridgehead atoms. The normalized spacial score (nSPS) is 22.8. The maximum absolute atomic E-state index is 6.15. The van der Waals surface area contributed by atoms with Crippen molar-refractivity contribution in [3.05, 3.63) is 16.1 Å². The van der Waals surface area contributed by atoms with E-state index in [2.05, 4.69) is 24.1 Å². The van der Waals surface area contributed by atoms with Crippen LogP contribution in [0.4, 0.5) is 11.6 Å². The number of nitrogens with one attached hydrogen (secondary N) is 1. The van der Waals surface area contributed by atoms with Gasteiger partial charge in [-0.3, -0.25) is 0 Å². The van der Waals surface area contributed by atoms with E-state index < -0.39 is 0 Å². The summed E-state index contributed by atoms with van der Waals surface area (Å²) in [5.74, 6) is 0.954. The number of nitrogens with two attached hydrogens (primary N) is 1. The zero-order valence-electron chi connectivity index (χ0n) is 10.8. The first-order chi connectivity index (χ1) is 8.40. The number of nitrogens with zero attached hydrogens (tertiary/aromatic N) is 1. The summed E-state index contributed by atoms with van der Waals surface area (Å²) in [6.45, 7) is 4.55. The van der Waals surface area contributed by atoms with E-state index in [1.165, 1.54) is 19.3 Å². The molecule has 1 atom stereocenters. The van der Waals surface area contributed by atoms with Crippen LogP contribution in [0.2, 0.25) is 10.0 Å². The lowest BCUT2D eigenvalue weighted by Crippen LogP contribution is -2.39. The third kappa shape index (κ3) is 2.83. The molecule has 18 heavy (non-hydrogen) atoms. The van der Waals surface area contributed by atoms with E-state index in [0.29, 0.717) is 27.7 Å². The number of hydrogen-bond donors (Lipinski definition) is 2. The average Bonchev–Trinajstić information content (AvgIpc) is 2.28. The number of hydrogen-bond acceptors (Lipinski definition) is 3. The van der Waals surface area contributed by atoms with Gasteiger partial charge in [-0.15, -0.1) is 0 Å². The summed E-state index contributed by atoms with van der Waals surface area (Å²) in [7, 11) is 0. The first-order valence-corrected chi connectivity index (χ1v) is 7.04. The minimum absolute atomic E-state index is 0.248. The summed E-state index contributed by atoms with van der Waals surface area (Å²) in [5, 5.41) is 4.35. The molecule has 0 aliphatic heterocycles. The van der Waals surface area contributed by atoms with Crippen LogP contribution in [0, 0.1) is 5.41 Å². The Kier molecular flexibility index (Phi) is 3.93. The summed E-state index contributed by atoms with van der Waals surface area (Å²) in [6, 6.07) is 2.01. The minimum Gasteiger partial charge on any atom is -0.382 e. The second kappa shape index (κ2) is 5.14. The largest absolute Gasteiger partial charge is 0.382 e. The Hall–Kier alpha value is -0.670. The van der Waals surface area contributed by atoms with Gasteiger partial charge in [0.25, 0.3) is 0 Å². The SMILES string of the molecule is CC1(C)CCCCC1Nc1nc(N)c(Cl)cc1Cl. The number of pyridine rings is 1. The number of rotatable bonds is 2. The molecule has 1 saturated carbocycles. The van der Waals surface area contributed by atoms with Crippen LogP contribution in [0.1, 0.15) is 39.5 Å². The maximum atomic E-state index is 6.15. The molecule has 0 aromatic carbocycles. The number of anilines is 2. The fraction of sp³-hybridized carbons (Fsp3) is 0.615. The average molecular weight is 288 g/mol. The van der Waals surface area contributed by atoms with Gasteiger partial charge in [0.15, 0.2) is 0 Å².